The summed E-state index contributed by atoms with van der Waals surface area (Å²) in [4.78, 5) is 13.5. The van der Waals surface area contributed by atoms with Crippen molar-refractivity contribution in [1.29, 1.82) is 0 Å². The number of sulfone groups is 1. The third-order valence-corrected chi connectivity index (χ3v) is 4.26. The summed E-state index contributed by atoms with van der Waals surface area (Å²) in [5.74, 6) is -0.286. The van der Waals surface area contributed by atoms with Gasteiger partial charge in [0.1, 0.15) is 5.25 Å². The summed E-state index contributed by atoms with van der Waals surface area (Å²) >= 11 is 0. The van der Waals surface area contributed by atoms with Crippen molar-refractivity contribution in [2.45, 2.75) is 25.1 Å². The van der Waals surface area contributed by atoms with Crippen LogP contribution in [0.25, 0.3) is 0 Å². The Morgan fingerprint density at radius 3 is 2.60 bits per heavy atom. The molecule has 1 rings (SSSR count). The van der Waals surface area contributed by atoms with E-state index >= 15 is 0 Å². The molecule has 1 amide bonds. The van der Waals surface area contributed by atoms with Gasteiger partial charge in [0.2, 0.25) is 5.91 Å². The number of amides is 1. The molecule has 5 nitrogen and oxygen atoms in total. The standard InChI is InChI=1S/C9H18N2O3S/c1-7-6-10-4-5-11(7)9(12)8(2)15(3,13)14/h7-8,10H,4-6H2,1-3H3/t7-,8?/m1/s1. The maximum Gasteiger partial charge on any atom is 0.240 e. The molecule has 1 fully saturated rings. The van der Waals surface area contributed by atoms with Gasteiger partial charge in [0.15, 0.2) is 9.84 Å². The number of rotatable bonds is 2. The molecule has 0 aromatic rings. The lowest BCUT2D eigenvalue weighted by molar-refractivity contribution is -0.133. The first-order valence-corrected chi connectivity index (χ1v) is 6.99. The Morgan fingerprint density at radius 2 is 2.13 bits per heavy atom. The van der Waals surface area contributed by atoms with Crippen LogP contribution in [0.3, 0.4) is 0 Å². The van der Waals surface area contributed by atoms with E-state index in [0.717, 1.165) is 19.3 Å². The van der Waals surface area contributed by atoms with Crippen molar-refractivity contribution in [2.24, 2.45) is 0 Å². The predicted molar refractivity (Wildman–Crippen MR) is 58.4 cm³/mol. The van der Waals surface area contributed by atoms with Crippen LogP contribution in [0.5, 0.6) is 0 Å². The highest BCUT2D eigenvalue weighted by atomic mass is 32.2. The second-order valence-corrected chi connectivity index (χ2v) is 6.42. The Hall–Kier alpha value is -0.620. The van der Waals surface area contributed by atoms with E-state index in [0.29, 0.717) is 6.54 Å². The molecule has 2 atom stereocenters. The maximum absolute atomic E-state index is 11.9. The Balaban J connectivity index is 2.75. The zero-order valence-electron chi connectivity index (χ0n) is 9.36. The van der Waals surface area contributed by atoms with E-state index in [4.69, 9.17) is 0 Å². The van der Waals surface area contributed by atoms with Gasteiger partial charge in [-0.25, -0.2) is 8.42 Å². The fourth-order valence-electron chi connectivity index (χ4n) is 1.59. The van der Waals surface area contributed by atoms with E-state index in [9.17, 15) is 13.2 Å². The molecule has 0 spiro atoms. The molecule has 0 aliphatic carbocycles. The molecule has 0 saturated carbocycles. The first-order valence-electron chi connectivity index (χ1n) is 5.04. The third kappa shape index (κ3) is 2.92. The van der Waals surface area contributed by atoms with Crippen molar-refractivity contribution in [3.8, 4) is 0 Å². The van der Waals surface area contributed by atoms with Crippen LogP contribution in [0.15, 0.2) is 0 Å². The van der Waals surface area contributed by atoms with Crippen molar-refractivity contribution < 1.29 is 13.2 Å². The van der Waals surface area contributed by atoms with Crippen LogP contribution < -0.4 is 5.32 Å². The highest BCUT2D eigenvalue weighted by Gasteiger charge is 2.31. The fraction of sp³-hybridized carbons (Fsp3) is 0.889. The van der Waals surface area contributed by atoms with E-state index in [2.05, 4.69) is 5.32 Å². The molecular formula is C9H18N2O3S. The van der Waals surface area contributed by atoms with Crippen molar-refractivity contribution >= 4 is 15.7 Å². The van der Waals surface area contributed by atoms with Crippen LogP contribution in [0, 0.1) is 0 Å². The van der Waals surface area contributed by atoms with Crippen LogP contribution in [-0.4, -0.2) is 56.4 Å². The summed E-state index contributed by atoms with van der Waals surface area (Å²) in [7, 11) is -3.29. The normalized spacial score (nSPS) is 25.0. The van der Waals surface area contributed by atoms with E-state index < -0.39 is 15.1 Å². The lowest BCUT2D eigenvalue weighted by Gasteiger charge is -2.35. The van der Waals surface area contributed by atoms with Gasteiger partial charge in [-0.3, -0.25) is 4.79 Å². The van der Waals surface area contributed by atoms with Crippen LogP contribution >= 0.6 is 0 Å². The molecule has 0 aromatic carbocycles. The highest BCUT2D eigenvalue weighted by Crippen LogP contribution is 2.09. The fourth-order valence-corrected chi connectivity index (χ4v) is 2.09. The topological polar surface area (TPSA) is 66.5 Å². The second kappa shape index (κ2) is 4.49. The molecule has 1 N–H and O–H groups in total. The quantitative estimate of drug-likeness (QED) is 0.682. The van der Waals surface area contributed by atoms with Gasteiger partial charge in [0, 0.05) is 31.9 Å². The van der Waals surface area contributed by atoms with Gasteiger partial charge in [-0.05, 0) is 13.8 Å². The minimum Gasteiger partial charge on any atom is -0.336 e. The number of carbonyl (C=O) groups is 1. The van der Waals surface area contributed by atoms with Crippen LogP contribution in [-0.2, 0) is 14.6 Å². The second-order valence-electron chi connectivity index (χ2n) is 4.06. The van der Waals surface area contributed by atoms with Gasteiger partial charge >= 0.3 is 0 Å². The number of carbonyl (C=O) groups excluding carboxylic acids is 1. The zero-order chi connectivity index (χ0) is 11.6. The summed E-state index contributed by atoms with van der Waals surface area (Å²) in [5.41, 5.74) is 0. The van der Waals surface area contributed by atoms with Crippen LogP contribution in [0.1, 0.15) is 13.8 Å². The average molecular weight is 234 g/mol. The van der Waals surface area contributed by atoms with Crippen molar-refractivity contribution in [3.05, 3.63) is 0 Å². The van der Waals surface area contributed by atoms with Gasteiger partial charge in [0.05, 0.1) is 0 Å². The lowest BCUT2D eigenvalue weighted by atomic mass is 10.2. The molecule has 88 valence electrons. The monoisotopic (exact) mass is 234 g/mol. The van der Waals surface area contributed by atoms with Gasteiger partial charge < -0.3 is 10.2 Å². The SMILES string of the molecule is CC(C(=O)N1CCNC[C@H]1C)S(C)(=O)=O. The summed E-state index contributed by atoms with van der Waals surface area (Å²) in [6.07, 6.45) is 1.10. The molecule has 6 heteroatoms. The summed E-state index contributed by atoms with van der Waals surface area (Å²) in [6.45, 7) is 5.40. The van der Waals surface area contributed by atoms with E-state index in [1.54, 1.807) is 4.90 Å². The molecule has 15 heavy (non-hydrogen) atoms. The van der Waals surface area contributed by atoms with Gasteiger partial charge in [0.25, 0.3) is 0 Å². The number of hydrogen-bond acceptors (Lipinski definition) is 4. The molecule has 1 aliphatic rings. The average Bonchev–Trinajstić information content (AvgIpc) is 2.15. The molecule has 0 bridgehead atoms. The largest absolute Gasteiger partial charge is 0.336 e. The van der Waals surface area contributed by atoms with Gasteiger partial charge in [-0.2, -0.15) is 0 Å². The third-order valence-electron chi connectivity index (χ3n) is 2.77. The van der Waals surface area contributed by atoms with Crippen LogP contribution in [0.4, 0.5) is 0 Å². The molecule has 0 radical (unpaired) electrons. The molecular weight excluding hydrogens is 216 g/mol. The predicted octanol–water partition coefficient (Wildman–Crippen LogP) is -0.760. The first-order chi connectivity index (χ1) is 6.84. The first kappa shape index (κ1) is 12.4. The molecule has 1 aliphatic heterocycles. The highest BCUT2D eigenvalue weighted by molar-refractivity contribution is 7.92. The molecule has 1 saturated heterocycles. The Labute approximate surface area is 90.7 Å². The number of nitrogens with zero attached hydrogens (tertiary/aromatic N) is 1. The molecule has 1 heterocycles. The summed E-state index contributed by atoms with van der Waals surface area (Å²) in [6, 6.07) is 0.0652. The van der Waals surface area contributed by atoms with Crippen molar-refractivity contribution in [1.82, 2.24) is 10.2 Å². The van der Waals surface area contributed by atoms with Crippen molar-refractivity contribution in [2.75, 3.05) is 25.9 Å². The Bertz CT molecular complexity index is 339. The number of nitrogens with one attached hydrogen (secondary N) is 1. The summed E-state index contributed by atoms with van der Waals surface area (Å²) < 4.78 is 22.5. The van der Waals surface area contributed by atoms with Gasteiger partial charge in [-0.15, -0.1) is 0 Å². The molecule has 1 unspecified atom stereocenters. The number of piperazine rings is 1. The van der Waals surface area contributed by atoms with E-state index in [1.165, 1.54) is 6.92 Å². The maximum atomic E-state index is 11.9. The lowest BCUT2D eigenvalue weighted by Crippen LogP contribution is -2.55. The van der Waals surface area contributed by atoms with Crippen molar-refractivity contribution in [3.63, 3.8) is 0 Å². The minimum atomic E-state index is -3.29. The molecule has 0 aromatic heterocycles. The smallest absolute Gasteiger partial charge is 0.240 e. The van der Waals surface area contributed by atoms with E-state index in [-0.39, 0.29) is 11.9 Å². The van der Waals surface area contributed by atoms with E-state index in [1.807, 2.05) is 6.92 Å². The van der Waals surface area contributed by atoms with Crippen LogP contribution in [0.2, 0.25) is 0 Å². The van der Waals surface area contributed by atoms with Gasteiger partial charge in [-0.1, -0.05) is 0 Å². The summed E-state index contributed by atoms with van der Waals surface area (Å²) in [5, 5.41) is 2.22. The minimum absolute atomic E-state index is 0.0652. The zero-order valence-corrected chi connectivity index (χ0v) is 10.2. The Morgan fingerprint density at radius 1 is 1.53 bits per heavy atom. The number of hydrogen-bond donors (Lipinski definition) is 1. The Kier molecular flexibility index (Phi) is 3.72.